The van der Waals surface area contributed by atoms with Crippen molar-refractivity contribution in [1.29, 1.82) is 0 Å². The zero-order valence-corrected chi connectivity index (χ0v) is 7.21. The quantitative estimate of drug-likeness (QED) is 0.660. The topological polar surface area (TPSA) is 0 Å². The Bertz CT molecular complexity index is 274. The molecule has 1 aromatic carbocycles. The first-order valence-electron chi connectivity index (χ1n) is 2.95. The van der Waals surface area contributed by atoms with E-state index in [1.807, 2.05) is 0 Å². The second-order valence-corrected chi connectivity index (χ2v) is 2.94. The number of rotatable bonds is 1. The van der Waals surface area contributed by atoms with Gasteiger partial charge >= 0.3 is 0 Å². The largest absolute Gasteiger partial charge is 0.267 e. The zero-order chi connectivity index (χ0) is 9.30. The summed E-state index contributed by atoms with van der Waals surface area (Å²) in [4.78, 5) is 0. The van der Waals surface area contributed by atoms with E-state index in [9.17, 15) is 17.6 Å². The van der Waals surface area contributed by atoms with E-state index in [0.29, 0.717) is 6.07 Å². The van der Waals surface area contributed by atoms with Crippen LogP contribution in [0.15, 0.2) is 16.6 Å². The molecule has 0 atom stereocenters. The minimum atomic E-state index is -2.94. The molecule has 1 rings (SSSR count). The smallest absolute Gasteiger partial charge is 0.207 e. The van der Waals surface area contributed by atoms with Crippen LogP contribution in [0.25, 0.3) is 0 Å². The number of benzene rings is 1. The third-order valence-electron chi connectivity index (χ3n) is 1.26. The predicted molar refractivity (Wildman–Crippen MR) is 39.0 cm³/mol. The molecule has 0 saturated heterocycles. The summed E-state index contributed by atoms with van der Waals surface area (Å²) in [5.74, 6) is -2.12. The van der Waals surface area contributed by atoms with Gasteiger partial charge in [-0.15, -0.1) is 0 Å². The Morgan fingerprint density at radius 1 is 1.17 bits per heavy atom. The van der Waals surface area contributed by atoms with E-state index in [-0.39, 0.29) is 4.47 Å². The molecule has 0 aliphatic carbocycles. The molecular formula is C7H3BrF4. The fraction of sp³-hybridized carbons (Fsp3) is 0.143. The average Bonchev–Trinajstić information content (AvgIpc) is 1.82. The van der Waals surface area contributed by atoms with Gasteiger partial charge in [-0.25, -0.2) is 17.6 Å². The summed E-state index contributed by atoms with van der Waals surface area (Å²) < 4.78 is 48.8. The van der Waals surface area contributed by atoms with Crippen molar-refractivity contribution < 1.29 is 17.6 Å². The summed E-state index contributed by atoms with van der Waals surface area (Å²) >= 11 is 2.64. The Morgan fingerprint density at radius 2 is 1.75 bits per heavy atom. The van der Waals surface area contributed by atoms with E-state index in [2.05, 4.69) is 15.9 Å². The standard InChI is InChI=1S/C7H3BrF4/c8-4-1-3(9)2-5(10)6(4)7(11)12/h1-2,7H. The van der Waals surface area contributed by atoms with Crippen LogP contribution in [0.5, 0.6) is 0 Å². The molecule has 0 aliphatic heterocycles. The lowest BCUT2D eigenvalue weighted by Crippen LogP contribution is -1.93. The lowest BCUT2D eigenvalue weighted by molar-refractivity contribution is 0.145. The summed E-state index contributed by atoms with van der Waals surface area (Å²) in [5.41, 5.74) is -0.809. The SMILES string of the molecule is Fc1cc(F)c(C(F)F)c(Br)c1. The van der Waals surface area contributed by atoms with E-state index in [1.165, 1.54) is 0 Å². The molecule has 0 spiro atoms. The van der Waals surface area contributed by atoms with Gasteiger partial charge in [-0.1, -0.05) is 15.9 Å². The van der Waals surface area contributed by atoms with Crippen LogP contribution in [0.3, 0.4) is 0 Å². The van der Waals surface area contributed by atoms with Crippen LogP contribution in [0.2, 0.25) is 0 Å². The van der Waals surface area contributed by atoms with Crippen molar-refractivity contribution in [2.75, 3.05) is 0 Å². The fourth-order valence-electron chi connectivity index (χ4n) is 0.762. The molecule has 1 aromatic rings. The molecule has 0 unspecified atom stereocenters. The molecule has 0 aliphatic rings. The molecule has 0 saturated carbocycles. The molecular weight excluding hydrogens is 240 g/mol. The first-order valence-corrected chi connectivity index (χ1v) is 3.74. The van der Waals surface area contributed by atoms with Gasteiger partial charge in [0, 0.05) is 10.5 Å². The van der Waals surface area contributed by atoms with E-state index >= 15 is 0 Å². The summed E-state index contributed by atoms with van der Waals surface area (Å²) in [5, 5.41) is 0. The average molecular weight is 243 g/mol. The van der Waals surface area contributed by atoms with Gasteiger partial charge in [0.2, 0.25) is 0 Å². The Balaban J connectivity index is 3.28. The van der Waals surface area contributed by atoms with E-state index in [1.54, 1.807) is 0 Å². The highest BCUT2D eigenvalue weighted by Gasteiger charge is 2.18. The van der Waals surface area contributed by atoms with Crippen LogP contribution in [-0.4, -0.2) is 0 Å². The molecule has 0 heterocycles. The van der Waals surface area contributed by atoms with Crippen molar-refractivity contribution in [3.8, 4) is 0 Å². The molecule has 5 heteroatoms. The Kier molecular flexibility index (Phi) is 2.72. The number of alkyl halides is 2. The van der Waals surface area contributed by atoms with Crippen molar-refractivity contribution in [1.82, 2.24) is 0 Å². The maximum atomic E-state index is 12.6. The highest BCUT2D eigenvalue weighted by molar-refractivity contribution is 9.10. The monoisotopic (exact) mass is 242 g/mol. The molecule has 0 amide bonds. The lowest BCUT2D eigenvalue weighted by Gasteiger charge is -2.03. The molecule has 0 nitrogen and oxygen atoms in total. The first-order chi connectivity index (χ1) is 5.52. The highest BCUT2D eigenvalue weighted by Crippen LogP contribution is 2.30. The van der Waals surface area contributed by atoms with Crippen LogP contribution in [0.1, 0.15) is 12.0 Å². The minimum Gasteiger partial charge on any atom is -0.207 e. The van der Waals surface area contributed by atoms with E-state index in [4.69, 9.17) is 0 Å². The van der Waals surface area contributed by atoms with Gasteiger partial charge in [0.1, 0.15) is 11.6 Å². The minimum absolute atomic E-state index is 0.255. The molecule has 12 heavy (non-hydrogen) atoms. The molecule has 0 bridgehead atoms. The van der Waals surface area contributed by atoms with Crippen molar-refractivity contribution in [3.63, 3.8) is 0 Å². The molecule has 66 valence electrons. The van der Waals surface area contributed by atoms with Crippen LogP contribution in [0, 0.1) is 11.6 Å². The van der Waals surface area contributed by atoms with Gasteiger partial charge in [0.15, 0.2) is 0 Å². The molecule has 0 radical (unpaired) electrons. The number of halogens is 5. The van der Waals surface area contributed by atoms with Gasteiger partial charge in [-0.05, 0) is 6.07 Å². The van der Waals surface area contributed by atoms with E-state index < -0.39 is 23.6 Å². The van der Waals surface area contributed by atoms with Crippen LogP contribution >= 0.6 is 15.9 Å². The van der Waals surface area contributed by atoms with Crippen LogP contribution in [0.4, 0.5) is 17.6 Å². The predicted octanol–water partition coefficient (Wildman–Crippen LogP) is 3.66. The van der Waals surface area contributed by atoms with Gasteiger partial charge in [0.25, 0.3) is 6.43 Å². The van der Waals surface area contributed by atoms with Gasteiger partial charge in [-0.2, -0.15) is 0 Å². The Morgan fingerprint density at radius 3 is 2.17 bits per heavy atom. The highest BCUT2D eigenvalue weighted by atomic mass is 79.9. The van der Waals surface area contributed by atoms with E-state index in [0.717, 1.165) is 6.07 Å². The lowest BCUT2D eigenvalue weighted by atomic mass is 10.2. The number of hydrogen-bond acceptors (Lipinski definition) is 0. The van der Waals surface area contributed by atoms with Gasteiger partial charge in [-0.3, -0.25) is 0 Å². The second-order valence-electron chi connectivity index (χ2n) is 2.08. The van der Waals surface area contributed by atoms with Gasteiger partial charge < -0.3 is 0 Å². The third kappa shape index (κ3) is 1.77. The summed E-state index contributed by atoms with van der Waals surface area (Å²) in [7, 11) is 0. The van der Waals surface area contributed by atoms with Crippen LogP contribution in [-0.2, 0) is 0 Å². The summed E-state index contributed by atoms with van der Waals surface area (Å²) in [6, 6.07) is 1.22. The molecule has 0 fully saturated rings. The van der Waals surface area contributed by atoms with Crippen molar-refractivity contribution in [3.05, 3.63) is 33.8 Å². The fourth-order valence-corrected chi connectivity index (χ4v) is 1.34. The van der Waals surface area contributed by atoms with Gasteiger partial charge in [0.05, 0.1) is 5.56 Å². The maximum absolute atomic E-state index is 12.6. The molecule has 0 N–H and O–H groups in total. The van der Waals surface area contributed by atoms with Crippen molar-refractivity contribution >= 4 is 15.9 Å². The maximum Gasteiger partial charge on any atom is 0.267 e. The Hall–Kier alpha value is -0.580. The first kappa shape index (κ1) is 9.51. The van der Waals surface area contributed by atoms with Crippen molar-refractivity contribution in [2.24, 2.45) is 0 Å². The Labute approximate surface area is 74.3 Å². The molecule has 0 aromatic heterocycles. The van der Waals surface area contributed by atoms with Crippen molar-refractivity contribution in [2.45, 2.75) is 6.43 Å². The normalized spacial score (nSPS) is 10.8. The summed E-state index contributed by atoms with van der Waals surface area (Å²) in [6.45, 7) is 0. The zero-order valence-electron chi connectivity index (χ0n) is 5.62. The van der Waals surface area contributed by atoms with Crippen LogP contribution < -0.4 is 0 Å². The third-order valence-corrected chi connectivity index (χ3v) is 1.92. The second kappa shape index (κ2) is 3.43. The number of hydrogen-bond donors (Lipinski definition) is 0. The summed E-state index contributed by atoms with van der Waals surface area (Å²) in [6.07, 6.45) is -2.94.